The minimum atomic E-state index is -0.515. The van der Waals surface area contributed by atoms with Gasteiger partial charge in [-0.15, -0.1) is 0 Å². The van der Waals surface area contributed by atoms with Crippen molar-refractivity contribution in [2.45, 2.75) is 20.3 Å². The zero-order valence-electron chi connectivity index (χ0n) is 11.9. The molecule has 0 bridgehead atoms. The third kappa shape index (κ3) is 3.05. The molecule has 2 rings (SSSR count). The largest absolute Gasteiger partial charge is 0.494 e. The summed E-state index contributed by atoms with van der Waals surface area (Å²) in [6, 6.07) is 10.3. The van der Waals surface area contributed by atoms with Crippen molar-refractivity contribution in [3.63, 3.8) is 0 Å². The summed E-state index contributed by atoms with van der Waals surface area (Å²) >= 11 is 0. The van der Waals surface area contributed by atoms with Gasteiger partial charge in [-0.25, -0.2) is 4.39 Å². The first kappa shape index (κ1) is 14.3. The Labute approximate surface area is 118 Å². The molecule has 0 aliphatic heterocycles. The Morgan fingerprint density at radius 3 is 2.55 bits per heavy atom. The first-order valence-corrected chi connectivity index (χ1v) is 6.44. The first-order valence-electron chi connectivity index (χ1n) is 6.44. The van der Waals surface area contributed by atoms with Gasteiger partial charge in [0.1, 0.15) is 0 Å². The second-order valence-corrected chi connectivity index (χ2v) is 4.88. The third-order valence-electron chi connectivity index (χ3n) is 3.33. The molecular weight excluding hydrogens is 255 g/mol. The molecule has 0 fully saturated rings. The van der Waals surface area contributed by atoms with E-state index >= 15 is 0 Å². The number of aryl methyl sites for hydroxylation is 2. The van der Waals surface area contributed by atoms with Gasteiger partial charge in [0, 0.05) is 12.0 Å². The Hall–Kier alpha value is -2.16. The van der Waals surface area contributed by atoms with E-state index in [9.17, 15) is 9.18 Å². The lowest BCUT2D eigenvalue weighted by Crippen LogP contribution is -2.06. The second-order valence-electron chi connectivity index (χ2n) is 4.88. The van der Waals surface area contributed by atoms with Crippen molar-refractivity contribution in [2.24, 2.45) is 0 Å². The summed E-state index contributed by atoms with van der Waals surface area (Å²) in [5, 5.41) is 0. The summed E-state index contributed by atoms with van der Waals surface area (Å²) in [6.07, 6.45) is 0.277. The van der Waals surface area contributed by atoms with Gasteiger partial charge in [0.15, 0.2) is 17.3 Å². The van der Waals surface area contributed by atoms with Gasteiger partial charge in [0.2, 0.25) is 0 Å². The minimum absolute atomic E-state index is 0.0970. The molecule has 0 atom stereocenters. The monoisotopic (exact) mass is 272 g/mol. The standard InChI is InChI=1S/C17H17FO2/c1-11-4-5-12(2)14(8-11)10-16(19)13-6-7-17(20-3)15(18)9-13/h4-9H,10H2,1-3H3. The fourth-order valence-corrected chi connectivity index (χ4v) is 2.11. The molecule has 2 nitrogen and oxygen atoms in total. The number of hydrogen-bond donors (Lipinski definition) is 0. The van der Waals surface area contributed by atoms with Crippen molar-refractivity contribution >= 4 is 5.78 Å². The van der Waals surface area contributed by atoms with Crippen molar-refractivity contribution in [2.75, 3.05) is 7.11 Å². The highest BCUT2D eigenvalue weighted by atomic mass is 19.1. The van der Waals surface area contributed by atoms with E-state index in [1.807, 2.05) is 32.0 Å². The zero-order chi connectivity index (χ0) is 14.7. The fourth-order valence-electron chi connectivity index (χ4n) is 2.11. The van der Waals surface area contributed by atoms with Gasteiger partial charge in [-0.2, -0.15) is 0 Å². The molecule has 104 valence electrons. The molecule has 0 N–H and O–H groups in total. The topological polar surface area (TPSA) is 26.3 Å². The molecule has 0 radical (unpaired) electrons. The average molecular weight is 272 g/mol. The van der Waals surface area contributed by atoms with E-state index in [-0.39, 0.29) is 18.0 Å². The Bertz CT molecular complexity index is 647. The highest BCUT2D eigenvalue weighted by Gasteiger charge is 2.12. The van der Waals surface area contributed by atoms with Crippen LogP contribution in [0.25, 0.3) is 0 Å². The van der Waals surface area contributed by atoms with Crippen molar-refractivity contribution in [1.29, 1.82) is 0 Å². The summed E-state index contributed by atoms with van der Waals surface area (Å²) < 4.78 is 18.5. The normalized spacial score (nSPS) is 10.4. The van der Waals surface area contributed by atoms with Crippen LogP contribution in [-0.2, 0) is 6.42 Å². The number of rotatable bonds is 4. The van der Waals surface area contributed by atoms with Crippen LogP contribution >= 0.6 is 0 Å². The number of benzene rings is 2. The van der Waals surface area contributed by atoms with E-state index in [0.717, 1.165) is 16.7 Å². The lowest BCUT2D eigenvalue weighted by molar-refractivity contribution is 0.0992. The van der Waals surface area contributed by atoms with Crippen molar-refractivity contribution in [1.82, 2.24) is 0 Å². The number of hydrogen-bond acceptors (Lipinski definition) is 2. The van der Waals surface area contributed by atoms with E-state index in [1.54, 1.807) is 6.07 Å². The van der Waals surface area contributed by atoms with Gasteiger partial charge in [-0.05, 0) is 43.2 Å². The van der Waals surface area contributed by atoms with Crippen LogP contribution in [0.4, 0.5) is 4.39 Å². The maximum absolute atomic E-state index is 13.6. The number of carbonyl (C=O) groups excluding carboxylic acids is 1. The molecule has 0 aliphatic rings. The lowest BCUT2D eigenvalue weighted by atomic mass is 9.98. The Morgan fingerprint density at radius 1 is 1.15 bits per heavy atom. The molecule has 0 amide bonds. The molecular formula is C17H17FO2. The predicted octanol–water partition coefficient (Wildman–Crippen LogP) is 3.88. The van der Waals surface area contributed by atoms with Gasteiger partial charge in [0.05, 0.1) is 7.11 Å². The number of carbonyl (C=O) groups is 1. The van der Waals surface area contributed by atoms with Crippen LogP contribution < -0.4 is 4.74 Å². The number of Topliss-reactive ketones (excluding diaryl/α,β-unsaturated/α-hetero) is 1. The molecule has 0 spiro atoms. The molecule has 0 unspecified atom stereocenters. The summed E-state index contributed by atoms with van der Waals surface area (Å²) in [7, 11) is 1.40. The third-order valence-corrected chi connectivity index (χ3v) is 3.33. The first-order chi connectivity index (χ1) is 9.51. The van der Waals surface area contributed by atoms with Crippen LogP contribution in [0.2, 0.25) is 0 Å². The Morgan fingerprint density at radius 2 is 1.90 bits per heavy atom. The summed E-state index contributed by atoms with van der Waals surface area (Å²) in [6.45, 7) is 3.96. The molecule has 2 aromatic carbocycles. The molecule has 2 aromatic rings. The summed E-state index contributed by atoms with van der Waals surface area (Å²) in [5.74, 6) is -0.465. The summed E-state index contributed by atoms with van der Waals surface area (Å²) in [4.78, 5) is 12.2. The minimum Gasteiger partial charge on any atom is -0.494 e. The van der Waals surface area contributed by atoms with Crippen LogP contribution in [0.15, 0.2) is 36.4 Å². The van der Waals surface area contributed by atoms with E-state index in [0.29, 0.717) is 5.56 Å². The van der Waals surface area contributed by atoms with Crippen LogP contribution in [0.3, 0.4) is 0 Å². The van der Waals surface area contributed by atoms with Crippen LogP contribution in [0.1, 0.15) is 27.0 Å². The SMILES string of the molecule is COc1ccc(C(=O)Cc2cc(C)ccc2C)cc1F. The zero-order valence-corrected chi connectivity index (χ0v) is 11.9. The average Bonchev–Trinajstić information content (AvgIpc) is 2.42. The van der Waals surface area contributed by atoms with Crippen LogP contribution in [0, 0.1) is 19.7 Å². The fraction of sp³-hybridized carbons (Fsp3) is 0.235. The number of halogens is 1. The summed E-state index contributed by atoms with van der Waals surface area (Å²) in [5.41, 5.74) is 3.52. The van der Waals surface area contributed by atoms with Gasteiger partial charge < -0.3 is 4.74 Å². The maximum atomic E-state index is 13.6. The van der Waals surface area contributed by atoms with Crippen LogP contribution in [0.5, 0.6) is 5.75 Å². The van der Waals surface area contributed by atoms with Crippen molar-refractivity contribution in [3.8, 4) is 5.75 Å². The lowest BCUT2D eigenvalue weighted by Gasteiger charge is -2.08. The highest BCUT2D eigenvalue weighted by Crippen LogP contribution is 2.20. The number of ketones is 1. The van der Waals surface area contributed by atoms with E-state index in [1.165, 1.54) is 19.2 Å². The number of methoxy groups -OCH3 is 1. The van der Waals surface area contributed by atoms with Crippen LogP contribution in [-0.4, -0.2) is 12.9 Å². The van der Waals surface area contributed by atoms with Crippen molar-refractivity contribution in [3.05, 3.63) is 64.5 Å². The molecule has 0 saturated heterocycles. The second kappa shape index (κ2) is 5.87. The maximum Gasteiger partial charge on any atom is 0.167 e. The van der Waals surface area contributed by atoms with Gasteiger partial charge in [0.25, 0.3) is 0 Å². The molecule has 20 heavy (non-hydrogen) atoms. The molecule has 0 aliphatic carbocycles. The predicted molar refractivity (Wildman–Crippen MR) is 76.9 cm³/mol. The van der Waals surface area contributed by atoms with Gasteiger partial charge >= 0.3 is 0 Å². The van der Waals surface area contributed by atoms with E-state index in [2.05, 4.69) is 0 Å². The number of ether oxygens (including phenoxy) is 1. The Kier molecular flexibility index (Phi) is 4.18. The molecule has 0 aromatic heterocycles. The van der Waals surface area contributed by atoms with Gasteiger partial charge in [-0.3, -0.25) is 4.79 Å². The van der Waals surface area contributed by atoms with E-state index in [4.69, 9.17) is 4.74 Å². The molecule has 3 heteroatoms. The highest BCUT2D eigenvalue weighted by molar-refractivity contribution is 5.97. The van der Waals surface area contributed by atoms with Gasteiger partial charge in [-0.1, -0.05) is 23.8 Å². The quantitative estimate of drug-likeness (QED) is 0.790. The smallest absolute Gasteiger partial charge is 0.167 e. The van der Waals surface area contributed by atoms with Crippen molar-refractivity contribution < 1.29 is 13.9 Å². The van der Waals surface area contributed by atoms with E-state index < -0.39 is 5.82 Å². The molecule has 0 heterocycles. The molecule has 0 saturated carbocycles. The Balaban J connectivity index is 2.24.